The Kier molecular flexibility index (Phi) is 5.13. The number of esters is 1. The molecule has 1 unspecified atom stereocenters. The van der Waals surface area contributed by atoms with Crippen molar-refractivity contribution in [3.8, 4) is 6.07 Å². The number of rotatable bonds is 5. The number of aliphatic hydroxyl groups excluding tert-OH is 1. The number of anilines is 1. The molecule has 0 radical (unpaired) electrons. The smallest absolute Gasteiger partial charge is 0.348 e. The molecule has 0 fully saturated rings. The maximum Gasteiger partial charge on any atom is 0.348 e. The lowest BCUT2D eigenvalue weighted by molar-refractivity contribution is 0.0605. The molecule has 18 heavy (non-hydrogen) atoms. The van der Waals surface area contributed by atoms with Crippen molar-refractivity contribution in [3.63, 3.8) is 0 Å². The fourth-order valence-electron chi connectivity index (χ4n) is 1.41. The van der Waals surface area contributed by atoms with Crippen molar-refractivity contribution in [2.45, 2.75) is 26.4 Å². The molecule has 0 saturated heterocycles. The monoisotopic (exact) mass is 268 g/mol. The number of nitriles is 1. The van der Waals surface area contributed by atoms with Crippen LogP contribution in [0, 0.1) is 18.3 Å². The van der Waals surface area contributed by atoms with Crippen LogP contribution in [0.4, 0.5) is 5.00 Å². The van der Waals surface area contributed by atoms with Gasteiger partial charge in [-0.15, -0.1) is 11.3 Å². The molecule has 0 saturated carbocycles. The van der Waals surface area contributed by atoms with E-state index in [1.165, 1.54) is 18.4 Å². The van der Waals surface area contributed by atoms with Crippen molar-refractivity contribution in [1.29, 1.82) is 5.26 Å². The molecule has 98 valence electrons. The molecule has 0 amide bonds. The molecular weight excluding hydrogens is 252 g/mol. The van der Waals surface area contributed by atoms with Gasteiger partial charge in [0.25, 0.3) is 0 Å². The van der Waals surface area contributed by atoms with E-state index in [2.05, 4.69) is 16.1 Å². The van der Waals surface area contributed by atoms with Crippen LogP contribution in [0.2, 0.25) is 0 Å². The second-order valence-electron chi connectivity index (χ2n) is 3.81. The molecule has 2 N–H and O–H groups in total. The van der Waals surface area contributed by atoms with Crippen LogP contribution in [0.15, 0.2) is 0 Å². The Morgan fingerprint density at radius 2 is 2.33 bits per heavy atom. The molecule has 1 aromatic heterocycles. The third kappa shape index (κ3) is 3.00. The lowest BCUT2D eigenvalue weighted by atomic mass is 10.1. The molecule has 1 aromatic rings. The summed E-state index contributed by atoms with van der Waals surface area (Å²) in [4.78, 5) is 11.9. The maximum atomic E-state index is 11.5. The third-order valence-corrected chi connectivity index (χ3v) is 3.83. The zero-order valence-electron chi connectivity index (χ0n) is 10.6. The Labute approximate surface area is 110 Å². The van der Waals surface area contributed by atoms with Crippen LogP contribution in [-0.2, 0) is 4.74 Å². The number of hydrogen-bond acceptors (Lipinski definition) is 6. The van der Waals surface area contributed by atoms with Gasteiger partial charge in [0.15, 0.2) is 0 Å². The number of thiophene rings is 1. The van der Waals surface area contributed by atoms with Gasteiger partial charge in [-0.3, -0.25) is 0 Å². The largest absolute Gasteiger partial charge is 0.465 e. The Morgan fingerprint density at radius 3 is 2.83 bits per heavy atom. The molecule has 6 heteroatoms. The average Bonchev–Trinajstić information content (AvgIpc) is 2.71. The Morgan fingerprint density at radius 1 is 1.67 bits per heavy atom. The quantitative estimate of drug-likeness (QED) is 0.797. The minimum atomic E-state index is -0.472. The zero-order valence-corrected chi connectivity index (χ0v) is 11.4. The number of methoxy groups -OCH3 is 1. The average molecular weight is 268 g/mol. The van der Waals surface area contributed by atoms with E-state index >= 15 is 0 Å². The fourth-order valence-corrected chi connectivity index (χ4v) is 2.50. The Hall–Kier alpha value is -1.58. The molecular formula is C12H16N2O3S. The van der Waals surface area contributed by atoms with E-state index in [-0.39, 0.29) is 0 Å². The van der Waals surface area contributed by atoms with Gasteiger partial charge in [-0.2, -0.15) is 5.26 Å². The van der Waals surface area contributed by atoms with Crippen molar-refractivity contribution in [3.05, 3.63) is 16.0 Å². The maximum absolute atomic E-state index is 11.5. The van der Waals surface area contributed by atoms with Gasteiger partial charge in [0.05, 0.1) is 18.8 Å². The molecule has 1 atom stereocenters. The number of carbonyl (C=O) groups is 1. The van der Waals surface area contributed by atoms with Crippen molar-refractivity contribution < 1.29 is 14.6 Å². The molecule has 5 nitrogen and oxygen atoms in total. The van der Waals surface area contributed by atoms with E-state index in [0.717, 1.165) is 0 Å². The number of carbonyl (C=O) groups excluding carboxylic acids is 1. The second kappa shape index (κ2) is 6.38. The van der Waals surface area contributed by atoms with E-state index in [1.807, 2.05) is 6.92 Å². The number of aliphatic hydroxyl groups is 1. The highest BCUT2D eigenvalue weighted by molar-refractivity contribution is 7.18. The van der Waals surface area contributed by atoms with Crippen LogP contribution in [-0.4, -0.2) is 30.8 Å². The number of nitrogens with zero attached hydrogens (tertiary/aromatic N) is 1. The molecule has 0 aliphatic rings. The fraction of sp³-hybridized carbons (Fsp3) is 0.500. The van der Waals surface area contributed by atoms with Crippen molar-refractivity contribution in [2.75, 3.05) is 19.0 Å². The summed E-state index contributed by atoms with van der Waals surface area (Å²) in [5.41, 5.74) is 1.05. The van der Waals surface area contributed by atoms with Crippen LogP contribution in [0.5, 0.6) is 0 Å². The predicted molar refractivity (Wildman–Crippen MR) is 69.9 cm³/mol. The second-order valence-corrected chi connectivity index (χ2v) is 4.83. The highest BCUT2D eigenvalue weighted by Gasteiger charge is 2.20. The van der Waals surface area contributed by atoms with Crippen LogP contribution in [0.1, 0.15) is 34.1 Å². The van der Waals surface area contributed by atoms with E-state index in [0.29, 0.717) is 34.0 Å². The number of hydrogen-bond donors (Lipinski definition) is 2. The summed E-state index contributed by atoms with van der Waals surface area (Å²) in [6.45, 7) is 3.94. The first kappa shape index (κ1) is 14.5. The first-order valence-corrected chi connectivity index (χ1v) is 6.40. The minimum absolute atomic E-state index is 0.353. The van der Waals surface area contributed by atoms with E-state index in [1.54, 1.807) is 6.92 Å². The van der Waals surface area contributed by atoms with Crippen molar-refractivity contribution >= 4 is 22.3 Å². The number of ether oxygens (including phenoxy) is 1. The van der Waals surface area contributed by atoms with Crippen LogP contribution in [0.3, 0.4) is 0 Å². The normalized spacial score (nSPS) is 11.7. The molecule has 0 aliphatic carbocycles. The molecule has 0 aliphatic heterocycles. The number of nitrogens with one attached hydrogen (secondary N) is 1. The van der Waals surface area contributed by atoms with Gasteiger partial charge in [0.1, 0.15) is 15.9 Å². The van der Waals surface area contributed by atoms with Gasteiger partial charge in [0, 0.05) is 6.54 Å². The van der Waals surface area contributed by atoms with E-state index in [9.17, 15) is 9.90 Å². The van der Waals surface area contributed by atoms with Gasteiger partial charge in [-0.25, -0.2) is 4.79 Å². The summed E-state index contributed by atoms with van der Waals surface area (Å²) >= 11 is 1.18. The molecule has 1 rings (SSSR count). The molecule has 0 spiro atoms. The summed E-state index contributed by atoms with van der Waals surface area (Å²) in [5.74, 6) is -0.446. The van der Waals surface area contributed by atoms with Gasteiger partial charge in [0.2, 0.25) is 0 Å². The first-order chi connectivity index (χ1) is 8.54. The van der Waals surface area contributed by atoms with E-state index in [4.69, 9.17) is 5.26 Å². The third-order valence-electron chi connectivity index (χ3n) is 2.60. The van der Waals surface area contributed by atoms with Gasteiger partial charge in [-0.1, -0.05) is 6.92 Å². The van der Waals surface area contributed by atoms with Crippen LogP contribution >= 0.6 is 11.3 Å². The lowest BCUT2D eigenvalue weighted by Gasteiger charge is -2.08. The molecule has 1 heterocycles. The molecule has 0 aromatic carbocycles. The Balaban J connectivity index is 2.98. The van der Waals surface area contributed by atoms with E-state index < -0.39 is 12.1 Å². The molecule has 0 bridgehead atoms. The summed E-state index contributed by atoms with van der Waals surface area (Å²) in [6.07, 6.45) is 0.156. The van der Waals surface area contributed by atoms with Crippen molar-refractivity contribution in [1.82, 2.24) is 0 Å². The summed E-state index contributed by atoms with van der Waals surface area (Å²) in [5, 5.41) is 22.2. The highest BCUT2D eigenvalue weighted by atomic mass is 32.1. The van der Waals surface area contributed by atoms with Gasteiger partial charge >= 0.3 is 5.97 Å². The van der Waals surface area contributed by atoms with Crippen LogP contribution < -0.4 is 5.32 Å². The van der Waals surface area contributed by atoms with Gasteiger partial charge in [-0.05, 0) is 18.9 Å². The predicted octanol–water partition coefficient (Wildman–Crippen LogP) is 1.90. The van der Waals surface area contributed by atoms with Crippen molar-refractivity contribution in [2.24, 2.45) is 0 Å². The first-order valence-electron chi connectivity index (χ1n) is 5.58. The lowest BCUT2D eigenvalue weighted by Crippen LogP contribution is -2.18. The standard InChI is InChI=1S/C12H16N2O3S/c1-4-8(15)6-14-11-9(5-13)7(2)10(18-11)12(16)17-3/h8,14-15H,4,6H2,1-3H3. The zero-order chi connectivity index (χ0) is 13.7. The summed E-state index contributed by atoms with van der Waals surface area (Å²) < 4.78 is 4.66. The summed E-state index contributed by atoms with van der Waals surface area (Å²) in [6, 6.07) is 2.06. The highest BCUT2D eigenvalue weighted by Crippen LogP contribution is 2.32. The summed E-state index contributed by atoms with van der Waals surface area (Å²) in [7, 11) is 1.31. The minimum Gasteiger partial charge on any atom is -0.465 e. The van der Waals surface area contributed by atoms with Crippen LogP contribution in [0.25, 0.3) is 0 Å². The SMILES string of the molecule is CCC(O)CNc1sc(C(=O)OC)c(C)c1C#N. The Bertz CT molecular complexity index is 476. The topological polar surface area (TPSA) is 82.3 Å². The van der Waals surface area contributed by atoms with Gasteiger partial charge < -0.3 is 15.2 Å².